The van der Waals surface area contributed by atoms with Gasteiger partial charge in [-0.2, -0.15) is 15.2 Å². The van der Waals surface area contributed by atoms with Crippen molar-refractivity contribution < 1.29 is 18.9 Å². The molecule has 0 spiro atoms. The van der Waals surface area contributed by atoms with Gasteiger partial charge in [0.2, 0.25) is 5.28 Å². The van der Waals surface area contributed by atoms with Crippen LogP contribution in [-0.4, -0.2) is 57.5 Å². The molecule has 0 saturated heterocycles. The lowest BCUT2D eigenvalue weighted by Crippen LogP contribution is -2.27. The summed E-state index contributed by atoms with van der Waals surface area (Å²) in [7, 11) is -1.48. The summed E-state index contributed by atoms with van der Waals surface area (Å²) in [4.78, 5) is 16.3. The van der Waals surface area contributed by atoms with E-state index in [0.29, 0.717) is 56.7 Å². The van der Waals surface area contributed by atoms with E-state index in [9.17, 15) is 0 Å². The van der Waals surface area contributed by atoms with Gasteiger partial charge in [0.15, 0.2) is 34.9 Å². The van der Waals surface area contributed by atoms with Crippen molar-refractivity contribution in [3.63, 3.8) is 0 Å². The van der Waals surface area contributed by atoms with Crippen molar-refractivity contribution >= 4 is 70.9 Å². The maximum Gasteiger partial charge on any atom is 0.526 e. The van der Waals surface area contributed by atoms with Crippen LogP contribution in [0.25, 0.3) is 11.6 Å². The van der Waals surface area contributed by atoms with Crippen LogP contribution in [0.4, 0.5) is 23.3 Å². The average Bonchev–Trinajstić information content (AvgIpc) is 3.75. The van der Waals surface area contributed by atoms with E-state index in [4.69, 9.17) is 49.3 Å². The Morgan fingerprint density at radius 2 is 1.33 bits per heavy atom. The molecule has 236 valence electrons. The van der Waals surface area contributed by atoms with E-state index >= 15 is 0 Å². The van der Waals surface area contributed by atoms with Gasteiger partial charge in [-0.15, -0.1) is 0 Å². The van der Waals surface area contributed by atoms with Gasteiger partial charge in [0.05, 0.1) is 24.9 Å². The minimum Gasteiger partial charge on any atom is -0.473 e. The van der Waals surface area contributed by atoms with Gasteiger partial charge in [0.1, 0.15) is 15.7 Å². The Kier molecular flexibility index (Phi) is 9.85. The highest BCUT2D eigenvalue weighted by atomic mass is 35.5. The summed E-state index contributed by atoms with van der Waals surface area (Å²) < 4.78 is 9.89. The van der Waals surface area contributed by atoms with Crippen LogP contribution < -0.4 is 16.3 Å². The van der Waals surface area contributed by atoms with Crippen LogP contribution in [-0.2, 0) is 0 Å². The number of furan rings is 2. The molecule has 0 aromatic carbocycles. The Hall–Kier alpha value is -4.41. The van der Waals surface area contributed by atoms with E-state index in [0.717, 1.165) is 11.4 Å². The molecule has 0 radical (unpaired) electrons. The monoisotopic (exact) mass is 682 g/mol. The van der Waals surface area contributed by atoms with Gasteiger partial charge >= 0.3 is 7.12 Å². The van der Waals surface area contributed by atoms with Gasteiger partial charge in [-0.25, -0.2) is 15.0 Å². The molecule has 0 amide bonds. The fraction of sp³-hybridized carbons (Fsp3) is 0.214. The highest BCUT2D eigenvalue weighted by Gasteiger charge is 2.26. The summed E-state index contributed by atoms with van der Waals surface area (Å²) in [5, 5.41) is 38.2. The third-order valence-corrected chi connectivity index (χ3v) is 7.46. The summed E-state index contributed by atoms with van der Waals surface area (Å²) in [6.45, 7) is 0. The smallest absolute Gasteiger partial charge is 0.473 e. The number of nitrogens with zero attached hydrogens (tertiary/aromatic N) is 6. The Bertz CT molecular complexity index is 1860. The molecule has 2 saturated carbocycles. The van der Waals surface area contributed by atoms with Gasteiger partial charge in [-0.3, -0.25) is 10.2 Å². The summed E-state index contributed by atoms with van der Waals surface area (Å²) in [6.07, 6.45) is 10.8. The van der Waals surface area contributed by atoms with Gasteiger partial charge in [-0.05, 0) is 61.5 Å². The third-order valence-electron chi connectivity index (χ3n) is 6.72. The maximum absolute atomic E-state index is 8.37. The molecule has 6 heterocycles. The molecule has 2 aliphatic rings. The second-order valence-corrected chi connectivity index (χ2v) is 11.5. The van der Waals surface area contributed by atoms with Gasteiger partial charge < -0.3 is 29.5 Å². The Morgan fingerprint density at radius 1 is 0.761 bits per heavy atom. The molecule has 18 heteroatoms. The number of anilines is 4. The first-order valence-electron chi connectivity index (χ1n) is 14.1. The number of nitrogens with one attached hydrogen (secondary N) is 4. The third kappa shape index (κ3) is 8.44. The standard InChI is InChI=1S/C14H12ClN5O.C10H9Cl2N5.C4H5BO3/c15-9-7-16-14(11-2-1-5-21-11)18-13(9)17-12-6-10(19-20-12)8-3-4-8;11-6-4-13-10(12)15-9(6)14-8-3-7(16-17-8)5-1-2-5;6-5(7)4-2-1-3-8-4/h1-2,5-8H,3-4H2,(H2,16,17,18,19,20);3-5H,1-2H2,(H2,13,14,15,16,17);1-3,6-7H. The Balaban J connectivity index is 0.000000133. The van der Waals surface area contributed by atoms with Crippen LogP contribution in [0.15, 0.2) is 70.2 Å². The molecule has 0 unspecified atom stereocenters. The van der Waals surface area contributed by atoms with Crippen molar-refractivity contribution in [3.05, 3.63) is 88.0 Å². The number of H-pyrrole nitrogens is 2. The molecule has 0 bridgehead atoms. The largest absolute Gasteiger partial charge is 0.526 e. The quantitative estimate of drug-likeness (QED) is 0.0831. The zero-order chi connectivity index (χ0) is 32.0. The predicted molar refractivity (Wildman–Crippen MR) is 173 cm³/mol. The maximum atomic E-state index is 8.37. The van der Waals surface area contributed by atoms with Crippen LogP contribution in [0.3, 0.4) is 0 Å². The molecule has 0 aliphatic heterocycles. The summed E-state index contributed by atoms with van der Waals surface area (Å²) in [6, 6.07) is 10.6. The Labute approximate surface area is 277 Å². The number of hydrogen-bond donors (Lipinski definition) is 6. The lowest BCUT2D eigenvalue weighted by atomic mass is 9.88. The number of aromatic amines is 2. The summed E-state index contributed by atoms with van der Waals surface area (Å²) in [5.74, 6) is 4.66. The average molecular weight is 684 g/mol. The van der Waals surface area contributed by atoms with Gasteiger partial charge in [0.25, 0.3) is 0 Å². The summed E-state index contributed by atoms with van der Waals surface area (Å²) >= 11 is 17.8. The first-order chi connectivity index (χ1) is 22.3. The van der Waals surface area contributed by atoms with E-state index in [-0.39, 0.29) is 10.9 Å². The normalized spacial score (nSPS) is 13.7. The fourth-order valence-corrected chi connectivity index (χ4v) is 4.51. The molecule has 8 rings (SSSR count). The molecule has 46 heavy (non-hydrogen) atoms. The van der Waals surface area contributed by atoms with E-state index in [1.54, 1.807) is 30.7 Å². The SMILES string of the molecule is Clc1cnc(-c2ccco2)nc1Nc1cc(C2CC2)[nH]n1.Clc1ncc(Cl)c(Nc2cc(C3CC3)[nH]n2)n1.OB(O)c1ccco1. The second-order valence-electron chi connectivity index (χ2n) is 10.3. The van der Waals surface area contributed by atoms with Gasteiger partial charge in [0, 0.05) is 35.4 Å². The van der Waals surface area contributed by atoms with E-state index in [2.05, 4.69) is 55.4 Å². The van der Waals surface area contributed by atoms with Crippen molar-refractivity contribution in [1.82, 2.24) is 40.3 Å². The van der Waals surface area contributed by atoms with Crippen LogP contribution in [0.1, 0.15) is 48.9 Å². The van der Waals surface area contributed by atoms with Crippen molar-refractivity contribution in [2.75, 3.05) is 10.6 Å². The molecule has 2 aliphatic carbocycles. The summed E-state index contributed by atoms with van der Waals surface area (Å²) in [5.41, 5.74) is 2.46. The molecule has 14 nitrogen and oxygen atoms in total. The van der Waals surface area contributed by atoms with Crippen molar-refractivity contribution in [1.29, 1.82) is 0 Å². The van der Waals surface area contributed by atoms with Crippen LogP contribution in [0.2, 0.25) is 15.3 Å². The molecular formula is C28H26BCl3N10O4. The molecule has 6 aromatic rings. The number of rotatable bonds is 8. The first kappa shape index (κ1) is 31.6. The number of hydrogen-bond acceptors (Lipinski definition) is 12. The minimum atomic E-state index is -1.48. The fourth-order valence-electron chi connectivity index (χ4n) is 4.10. The van der Waals surface area contributed by atoms with Crippen molar-refractivity contribution in [2.24, 2.45) is 0 Å². The number of halogens is 3. The highest BCUT2D eigenvalue weighted by molar-refractivity contribution is 6.56. The molecule has 0 atom stereocenters. The van der Waals surface area contributed by atoms with Crippen molar-refractivity contribution in [3.8, 4) is 11.6 Å². The van der Waals surface area contributed by atoms with E-state index in [1.807, 2.05) is 12.1 Å². The topological polar surface area (TPSA) is 200 Å². The van der Waals surface area contributed by atoms with E-state index < -0.39 is 7.12 Å². The van der Waals surface area contributed by atoms with Crippen LogP contribution in [0.5, 0.6) is 0 Å². The minimum absolute atomic E-state index is 0.148. The molecule has 6 aromatic heterocycles. The van der Waals surface area contributed by atoms with Gasteiger partial charge in [-0.1, -0.05) is 23.2 Å². The second kappa shape index (κ2) is 14.4. The molecule has 2 fully saturated rings. The lowest BCUT2D eigenvalue weighted by molar-refractivity contribution is 0.409. The zero-order valence-electron chi connectivity index (χ0n) is 23.9. The van der Waals surface area contributed by atoms with Crippen molar-refractivity contribution in [2.45, 2.75) is 37.5 Å². The highest BCUT2D eigenvalue weighted by Crippen LogP contribution is 2.40. The van der Waals surface area contributed by atoms with Crippen LogP contribution >= 0.6 is 34.8 Å². The van der Waals surface area contributed by atoms with E-state index in [1.165, 1.54) is 44.2 Å². The number of aromatic nitrogens is 8. The zero-order valence-corrected chi connectivity index (χ0v) is 26.1. The lowest BCUT2D eigenvalue weighted by Gasteiger charge is -2.05. The Morgan fingerprint density at radius 3 is 1.83 bits per heavy atom. The predicted octanol–water partition coefficient (Wildman–Crippen LogP) is 5.82. The first-order valence-corrected chi connectivity index (χ1v) is 15.2. The molecular weight excluding hydrogens is 658 g/mol. The van der Waals surface area contributed by atoms with Crippen LogP contribution in [0, 0.1) is 0 Å². The molecule has 6 N–H and O–H groups in total.